The van der Waals surface area contributed by atoms with Crippen LogP contribution in [0.4, 0.5) is 0 Å². The SMILES string of the molecule is O=C(C=Cc1cc(Cl)c2c(c1)OCO2)NC1CCCCC1. The number of rotatable bonds is 3. The monoisotopic (exact) mass is 307 g/mol. The van der Waals surface area contributed by atoms with Gasteiger partial charge in [-0.2, -0.15) is 0 Å². The van der Waals surface area contributed by atoms with E-state index in [9.17, 15) is 4.79 Å². The highest BCUT2D eigenvalue weighted by atomic mass is 35.5. The van der Waals surface area contributed by atoms with Gasteiger partial charge in [0.05, 0.1) is 5.02 Å². The zero-order chi connectivity index (χ0) is 14.7. The molecule has 1 N–H and O–H groups in total. The Morgan fingerprint density at radius 3 is 2.86 bits per heavy atom. The first-order chi connectivity index (χ1) is 10.2. The van der Waals surface area contributed by atoms with Gasteiger partial charge in [0.25, 0.3) is 0 Å². The lowest BCUT2D eigenvalue weighted by molar-refractivity contribution is -0.117. The summed E-state index contributed by atoms with van der Waals surface area (Å²) in [6.07, 6.45) is 9.12. The molecule has 0 bridgehead atoms. The Balaban J connectivity index is 1.63. The van der Waals surface area contributed by atoms with Crippen LogP contribution < -0.4 is 14.8 Å². The molecule has 0 saturated heterocycles. The second kappa shape index (κ2) is 6.39. The van der Waals surface area contributed by atoms with Crippen molar-refractivity contribution in [1.82, 2.24) is 5.32 Å². The van der Waals surface area contributed by atoms with Crippen LogP contribution >= 0.6 is 11.6 Å². The summed E-state index contributed by atoms with van der Waals surface area (Å²) in [5.41, 5.74) is 0.822. The van der Waals surface area contributed by atoms with Crippen LogP contribution in [0.25, 0.3) is 6.08 Å². The molecule has 1 heterocycles. The van der Waals surface area contributed by atoms with E-state index in [4.69, 9.17) is 21.1 Å². The molecule has 1 aromatic carbocycles. The molecule has 1 aromatic rings. The summed E-state index contributed by atoms with van der Waals surface area (Å²) in [7, 11) is 0. The molecule has 2 aliphatic rings. The normalized spacial score (nSPS) is 18.1. The molecule has 1 amide bonds. The molecule has 1 aliphatic carbocycles. The van der Waals surface area contributed by atoms with E-state index in [0.29, 0.717) is 22.6 Å². The molecule has 0 radical (unpaired) electrons. The standard InChI is InChI=1S/C16H18ClNO3/c17-13-8-11(9-14-16(13)21-10-20-14)6-7-15(19)18-12-4-2-1-3-5-12/h6-9,12H,1-5,10H2,(H,18,19). The van der Waals surface area contributed by atoms with Gasteiger partial charge in [0.1, 0.15) is 0 Å². The average Bonchev–Trinajstić information content (AvgIpc) is 2.95. The van der Waals surface area contributed by atoms with Gasteiger partial charge < -0.3 is 14.8 Å². The molecule has 0 spiro atoms. The number of ether oxygens (including phenoxy) is 2. The highest BCUT2D eigenvalue weighted by Crippen LogP contribution is 2.40. The van der Waals surface area contributed by atoms with Crippen LogP contribution in [0, 0.1) is 0 Å². The first kappa shape index (κ1) is 14.3. The van der Waals surface area contributed by atoms with Crippen molar-refractivity contribution < 1.29 is 14.3 Å². The van der Waals surface area contributed by atoms with Gasteiger partial charge in [-0.25, -0.2) is 0 Å². The van der Waals surface area contributed by atoms with Gasteiger partial charge in [0.2, 0.25) is 12.7 Å². The largest absolute Gasteiger partial charge is 0.454 e. The lowest BCUT2D eigenvalue weighted by Gasteiger charge is -2.21. The first-order valence-electron chi connectivity index (χ1n) is 7.30. The Hall–Kier alpha value is -1.68. The molecular weight excluding hydrogens is 290 g/mol. The van der Waals surface area contributed by atoms with Crippen LogP contribution in [0.2, 0.25) is 5.02 Å². The van der Waals surface area contributed by atoms with Crippen LogP contribution in [0.15, 0.2) is 18.2 Å². The number of amides is 1. The second-order valence-corrected chi connectivity index (χ2v) is 5.82. The minimum atomic E-state index is -0.0595. The number of hydrogen-bond donors (Lipinski definition) is 1. The van der Waals surface area contributed by atoms with Crippen LogP contribution in [0.5, 0.6) is 11.5 Å². The minimum Gasteiger partial charge on any atom is -0.454 e. The van der Waals surface area contributed by atoms with Crippen LogP contribution in [-0.4, -0.2) is 18.7 Å². The summed E-state index contributed by atoms with van der Waals surface area (Å²) in [4.78, 5) is 11.9. The van der Waals surface area contributed by atoms with Crippen LogP contribution in [-0.2, 0) is 4.79 Å². The van der Waals surface area contributed by atoms with E-state index < -0.39 is 0 Å². The molecule has 1 fully saturated rings. The number of benzene rings is 1. The van der Waals surface area contributed by atoms with Crippen molar-refractivity contribution in [1.29, 1.82) is 0 Å². The summed E-state index contributed by atoms with van der Waals surface area (Å²) in [6.45, 7) is 0.185. The maximum atomic E-state index is 11.9. The number of nitrogens with one attached hydrogen (secondary N) is 1. The molecule has 21 heavy (non-hydrogen) atoms. The highest BCUT2D eigenvalue weighted by molar-refractivity contribution is 6.32. The van der Waals surface area contributed by atoms with Gasteiger partial charge in [-0.05, 0) is 36.6 Å². The second-order valence-electron chi connectivity index (χ2n) is 5.41. The van der Waals surface area contributed by atoms with Gasteiger partial charge in [-0.3, -0.25) is 4.79 Å². The van der Waals surface area contributed by atoms with Crippen LogP contribution in [0.1, 0.15) is 37.7 Å². The quantitative estimate of drug-likeness (QED) is 0.869. The summed E-state index contributed by atoms with van der Waals surface area (Å²) in [5.74, 6) is 1.13. The van der Waals surface area contributed by atoms with Gasteiger partial charge in [-0.15, -0.1) is 0 Å². The summed E-state index contributed by atoms with van der Waals surface area (Å²) in [5, 5.41) is 3.54. The summed E-state index contributed by atoms with van der Waals surface area (Å²) < 4.78 is 10.6. The van der Waals surface area contributed by atoms with Gasteiger partial charge in [-0.1, -0.05) is 30.9 Å². The number of fused-ring (bicyclic) bond motifs is 1. The highest BCUT2D eigenvalue weighted by Gasteiger charge is 2.18. The van der Waals surface area contributed by atoms with Crippen molar-refractivity contribution in [3.63, 3.8) is 0 Å². The van der Waals surface area contributed by atoms with Crippen molar-refractivity contribution in [2.24, 2.45) is 0 Å². The van der Waals surface area contributed by atoms with Crippen molar-refractivity contribution in [2.45, 2.75) is 38.1 Å². The minimum absolute atomic E-state index is 0.0595. The third-order valence-electron chi connectivity index (χ3n) is 3.83. The molecule has 112 valence electrons. The van der Waals surface area contributed by atoms with E-state index in [-0.39, 0.29) is 12.7 Å². The fourth-order valence-corrected chi connectivity index (χ4v) is 3.03. The third kappa shape index (κ3) is 3.50. The van der Waals surface area contributed by atoms with Crippen molar-refractivity contribution in [2.75, 3.05) is 6.79 Å². The maximum absolute atomic E-state index is 11.9. The lowest BCUT2D eigenvalue weighted by Crippen LogP contribution is -2.34. The molecule has 0 atom stereocenters. The number of carbonyl (C=O) groups excluding carboxylic acids is 1. The lowest BCUT2D eigenvalue weighted by atomic mass is 9.95. The van der Waals surface area contributed by atoms with E-state index in [0.717, 1.165) is 18.4 Å². The molecule has 5 heteroatoms. The molecule has 0 aromatic heterocycles. The van der Waals surface area contributed by atoms with E-state index in [2.05, 4.69) is 5.32 Å². The number of carbonyl (C=O) groups is 1. The zero-order valence-corrected chi connectivity index (χ0v) is 12.5. The average molecular weight is 308 g/mol. The summed E-state index contributed by atoms with van der Waals surface area (Å²) >= 11 is 6.11. The Kier molecular flexibility index (Phi) is 4.34. The molecule has 0 unspecified atom stereocenters. The number of hydrogen-bond acceptors (Lipinski definition) is 3. The van der Waals surface area contributed by atoms with E-state index in [1.54, 1.807) is 18.2 Å². The Morgan fingerprint density at radius 2 is 2.05 bits per heavy atom. The Bertz CT molecular complexity index is 565. The zero-order valence-electron chi connectivity index (χ0n) is 11.7. The van der Waals surface area contributed by atoms with Gasteiger partial charge >= 0.3 is 0 Å². The van der Waals surface area contributed by atoms with E-state index in [1.807, 2.05) is 6.07 Å². The molecular formula is C16H18ClNO3. The topological polar surface area (TPSA) is 47.6 Å². The van der Waals surface area contributed by atoms with E-state index >= 15 is 0 Å². The smallest absolute Gasteiger partial charge is 0.244 e. The summed E-state index contributed by atoms with van der Waals surface area (Å²) in [6, 6.07) is 3.90. The van der Waals surface area contributed by atoms with Gasteiger partial charge in [0, 0.05) is 12.1 Å². The molecule has 1 aliphatic heterocycles. The first-order valence-corrected chi connectivity index (χ1v) is 7.68. The van der Waals surface area contributed by atoms with Gasteiger partial charge in [0.15, 0.2) is 11.5 Å². The third-order valence-corrected chi connectivity index (χ3v) is 4.11. The van der Waals surface area contributed by atoms with Crippen LogP contribution in [0.3, 0.4) is 0 Å². The van der Waals surface area contributed by atoms with Crippen molar-refractivity contribution in [3.05, 3.63) is 28.8 Å². The fourth-order valence-electron chi connectivity index (χ4n) is 2.75. The predicted octanol–water partition coefficient (Wildman–Crippen LogP) is 3.53. The van der Waals surface area contributed by atoms with Crippen molar-refractivity contribution >= 4 is 23.6 Å². The molecule has 1 saturated carbocycles. The van der Waals surface area contributed by atoms with Crippen molar-refractivity contribution in [3.8, 4) is 11.5 Å². The molecule has 3 rings (SSSR count). The Morgan fingerprint density at radius 1 is 1.24 bits per heavy atom. The maximum Gasteiger partial charge on any atom is 0.244 e. The van der Waals surface area contributed by atoms with E-state index in [1.165, 1.54) is 19.3 Å². The molecule has 4 nitrogen and oxygen atoms in total. The fraction of sp³-hybridized carbons (Fsp3) is 0.438. The number of halogens is 1. The Labute approximate surface area is 129 Å². The predicted molar refractivity (Wildman–Crippen MR) is 81.6 cm³/mol.